The summed E-state index contributed by atoms with van der Waals surface area (Å²) >= 11 is 8.05. The lowest BCUT2D eigenvalue weighted by molar-refractivity contribution is -0.125. The number of nitrogens with zero attached hydrogens (tertiary/aromatic N) is 5. The summed E-state index contributed by atoms with van der Waals surface area (Å²) in [4.78, 5) is 32.3. The minimum absolute atomic E-state index is 0.0965. The van der Waals surface area contributed by atoms with Crippen LogP contribution in [0.5, 0.6) is 11.6 Å². The number of fused-ring (bicyclic) bond motifs is 1. The number of nitrogens with one attached hydrogen (secondary N) is 1. The molecule has 9 nitrogen and oxygen atoms in total. The third kappa shape index (κ3) is 5.39. The average molecular weight is 523 g/mol. The maximum absolute atomic E-state index is 11.8. The molecular weight excluding hydrogens is 500 g/mol. The van der Waals surface area contributed by atoms with E-state index in [9.17, 15) is 4.79 Å². The maximum Gasteiger partial charge on any atom is 0.246 e. The van der Waals surface area contributed by atoms with E-state index in [4.69, 9.17) is 21.1 Å². The topological polar surface area (TPSA) is 102 Å². The SMILES string of the molecule is C=CC(=O)N1CCC(Oc2ccc3ncnc(Nc4ccc(OCc5ncc(C)s5)c(Cl)c4)c3n2)C1. The molecule has 0 spiro atoms. The second kappa shape index (κ2) is 10.5. The number of carbonyl (C=O) groups is 1. The predicted octanol–water partition coefficient (Wildman–Crippen LogP) is 4.93. The summed E-state index contributed by atoms with van der Waals surface area (Å²) in [5.41, 5.74) is 1.95. The van der Waals surface area contributed by atoms with Crippen molar-refractivity contribution in [2.45, 2.75) is 26.1 Å². The van der Waals surface area contributed by atoms with Crippen molar-refractivity contribution in [2.75, 3.05) is 18.4 Å². The molecule has 0 saturated carbocycles. The van der Waals surface area contributed by atoms with E-state index >= 15 is 0 Å². The molecule has 5 rings (SSSR count). The zero-order valence-electron chi connectivity index (χ0n) is 19.5. The van der Waals surface area contributed by atoms with E-state index in [1.165, 1.54) is 12.4 Å². The smallest absolute Gasteiger partial charge is 0.246 e. The lowest BCUT2D eigenvalue weighted by Gasteiger charge is -2.15. The van der Waals surface area contributed by atoms with Crippen LogP contribution in [-0.2, 0) is 11.4 Å². The Balaban J connectivity index is 1.30. The van der Waals surface area contributed by atoms with Crippen LogP contribution in [0.3, 0.4) is 0 Å². The van der Waals surface area contributed by atoms with Crippen molar-refractivity contribution in [3.05, 3.63) is 70.4 Å². The molecular formula is C25H23ClN6O3S. The molecule has 11 heteroatoms. The second-order valence-corrected chi connectivity index (χ2v) is 9.91. The van der Waals surface area contributed by atoms with Gasteiger partial charge >= 0.3 is 0 Å². The van der Waals surface area contributed by atoms with Gasteiger partial charge in [-0.1, -0.05) is 18.2 Å². The largest absolute Gasteiger partial charge is 0.485 e. The number of thiazole rings is 1. The number of benzene rings is 1. The summed E-state index contributed by atoms with van der Waals surface area (Å²) in [7, 11) is 0. The Kier molecular flexibility index (Phi) is 6.97. The van der Waals surface area contributed by atoms with Gasteiger partial charge in [0.2, 0.25) is 11.8 Å². The molecule has 36 heavy (non-hydrogen) atoms. The van der Waals surface area contributed by atoms with Gasteiger partial charge < -0.3 is 19.7 Å². The van der Waals surface area contributed by atoms with Crippen LogP contribution in [0.2, 0.25) is 5.02 Å². The third-order valence-corrected chi connectivity index (χ3v) is 6.77. The van der Waals surface area contributed by atoms with E-state index in [-0.39, 0.29) is 12.0 Å². The van der Waals surface area contributed by atoms with Gasteiger partial charge in [0.25, 0.3) is 0 Å². The number of carbonyl (C=O) groups excluding carboxylic acids is 1. The van der Waals surface area contributed by atoms with Crippen LogP contribution in [0.1, 0.15) is 16.3 Å². The van der Waals surface area contributed by atoms with Crippen molar-refractivity contribution in [1.82, 2.24) is 24.8 Å². The monoisotopic (exact) mass is 522 g/mol. The minimum atomic E-state index is -0.139. The highest BCUT2D eigenvalue weighted by atomic mass is 35.5. The Labute approximate surface area is 216 Å². The first kappa shape index (κ1) is 24.0. The molecule has 3 aromatic heterocycles. The number of halogens is 1. The number of amides is 1. The van der Waals surface area contributed by atoms with Crippen molar-refractivity contribution in [3.8, 4) is 11.6 Å². The van der Waals surface area contributed by atoms with Crippen molar-refractivity contribution >= 4 is 51.4 Å². The Bertz CT molecular complexity index is 1430. The van der Waals surface area contributed by atoms with E-state index in [2.05, 4.69) is 31.8 Å². The van der Waals surface area contributed by atoms with Crippen molar-refractivity contribution in [3.63, 3.8) is 0 Å². The van der Waals surface area contributed by atoms with E-state index in [0.29, 0.717) is 53.2 Å². The molecule has 1 saturated heterocycles. The Hall–Kier alpha value is -3.76. The van der Waals surface area contributed by atoms with Crippen LogP contribution in [0, 0.1) is 6.92 Å². The van der Waals surface area contributed by atoms with Gasteiger partial charge in [-0.05, 0) is 37.3 Å². The van der Waals surface area contributed by atoms with Crippen LogP contribution >= 0.6 is 22.9 Å². The Morgan fingerprint density at radius 2 is 2.19 bits per heavy atom. The fraction of sp³-hybridized carbons (Fsp3) is 0.240. The molecule has 4 heterocycles. The Morgan fingerprint density at radius 3 is 2.97 bits per heavy atom. The molecule has 1 aliphatic rings. The maximum atomic E-state index is 11.8. The highest BCUT2D eigenvalue weighted by Gasteiger charge is 2.26. The molecule has 1 aromatic carbocycles. The lowest BCUT2D eigenvalue weighted by atomic mass is 10.3. The number of ether oxygens (including phenoxy) is 2. The van der Waals surface area contributed by atoms with Gasteiger partial charge in [0.15, 0.2) is 5.82 Å². The zero-order valence-corrected chi connectivity index (χ0v) is 21.1. The summed E-state index contributed by atoms with van der Waals surface area (Å²) in [5, 5.41) is 4.61. The van der Waals surface area contributed by atoms with Crippen LogP contribution in [0.15, 0.2) is 55.5 Å². The normalized spacial score (nSPS) is 15.2. The van der Waals surface area contributed by atoms with Crippen molar-refractivity contribution in [2.24, 2.45) is 0 Å². The van der Waals surface area contributed by atoms with Gasteiger partial charge in [-0.3, -0.25) is 4.79 Å². The van der Waals surface area contributed by atoms with Gasteiger partial charge in [-0.2, -0.15) is 0 Å². The highest BCUT2D eigenvalue weighted by Crippen LogP contribution is 2.31. The number of hydrogen-bond donors (Lipinski definition) is 1. The number of rotatable bonds is 8. The average Bonchev–Trinajstić information content (AvgIpc) is 3.52. The molecule has 1 fully saturated rings. The van der Waals surface area contributed by atoms with Gasteiger partial charge in [0.05, 0.1) is 17.1 Å². The van der Waals surface area contributed by atoms with Gasteiger partial charge in [0.1, 0.15) is 35.3 Å². The fourth-order valence-corrected chi connectivity index (χ4v) is 4.78. The zero-order chi connectivity index (χ0) is 25.1. The number of anilines is 2. The molecule has 1 amide bonds. The standard InChI is InChI=1S/C25H23ClN6O3S/c1-3-23(33)32-9-8-17(12-32)35-21-7-5-19-24(31-21)25(29-14-28-19)30-16-4-6-20(18(26)10-16)34-13-22-27-11-15(2)36-22/h3-7,10-11,14,17H,1,8-9,12-13H2,2H3,(H,28,29,30). The molecule has 1 atom stereocenters. The first-order valence-electron chi connectivity index (χ1n) is 11.3. The predicted molar refractivity (Wildman–Crippen MR) is 139 cm³/mol. The molecule has 1 unspecified atom stereocenters. The summed E-state index contributed by atoms with van der Waals surface area (Å²) in [6.07, 6.45) is 5.20. The van der Waals surface area contributed by atoms with Crippen LogP contribution in [0.4, 0.5) is 11.5 Å². The van der Waals surface area contributed by atoms with Crippen LogP contribution in [0.25, 0.3) is 11.0 Å². The summed E-state index contributed by atoms with van der Waals surface area (Å²) < 4.78 is 11.9. The van der Waals surface area contributed by atoms with Crippen LogP contribution in [-0.4, -0.2) is 49.9 Å². The quantitative estimate of drug-likeness (QED) is 0.325. The first-order chi connectivity index (χ1) is 17.5. The molecule has 1 N–H and O–H groups in total. The molecule has 0 bridgehead atoms. The van der Waals surface area contributed by atoms with E-state index in [1.807, 2.05) is 25.3 Å². The number of aromatic nitrogens is 4. The third-order valence-electron chi connectivity index (χ3n) is 5.59. The number of hydrogen-bond acceptors (Lipinski definition) is 9. The van der Waals surface area contributed by atoms with Crippen molar-refractivity contribution < 1.29 is 14.3 Å². The number of likely N-dealkylation sites (tertiary alicyclic amines) is 1. The summed E-state index contributed by atoms with van der Waals surface area (Å²) in [6, 6.07) is 9.02. The summed E-state index contributed by atoms with van der Waals surface area (Å²) in [5.74, 6) is 1.43. The van der Waals surface area contributed by atoms with E-state index < -0.39 is 0 Å². The fourth-order valence-electron chi connectivity index (χ4n) is 3.84. The second-order valence-electron chi connectivity index (χ2n) is 8.18. The summed E-state index contributed by atoms with van der Waals surface area (Å²) in [6.45, 7) is 7.03. The minimum Gasteiger partial charge on any atom is -0.485 e. The lowest BCUT2D eigenvalue weighted by Crippen LogP contribution is -2.29. The molecule has 184 valence electrons. The van der Waals surface area contributed by atoms with Gasteiger partial charge in [-0.15, -0.1) is 11.3 Å². The number of aryl methyl sites for hydroxylation is 1. The van der Waals surface area contributed by atoms with Crippen LogP contribution < -0.4 is 14.8 Å². The number of pyridine rings is 1. The van der Waals surface area contributed by atoms with Crippen molar-refractivity contribution in [1.29, 1.82) is 0 Å². The molecule has 4 aromatic rings. The van der Waals surface area contributed by atoms with E-state index in [1.54, 1.807) is 34.4 Å². The van der Waals surface area contributed by atoms with E-state index in [0.717, 1.165) is 22.0 Å². The van der Waals surface area contributed by atoms with Gasteiger partial charge in [0, 0.05) is 35.8 Å². The highest BCUT2D eigenvalue weighted by molar-refractivity contribution is 7.11. The molecule has 0 radical (unpaired) electrons. The van der Waals surface area contributed by atoms with Gasteiger partial charge in [-0.25, -0.2) is 19.9 Å². The Morgan fingerprint density at radius 1 is 1.31 bits per heavy atom. The molecule has 1 aliphatic heterocycles. The molecule has 0 aliphatic carbocycles. The first-order valence-corrected chi connectivity index (χ1v) is 12.5.